The Balaban J connectivity index is 3.72. The van der Waals surface area contributed by atoms with Crippen molar-refractivity contribution >= 4 is 0 Å². The van der Waals surface area contributed by atoms with Crippen LogP contribution in [0.2, 0.25) is 0 Å². The Labute approximate surface area is 103 Å². The van der Waals surface area contributed by atoms with E-state index in [-0.39, 0.29) is 0 Å². The zero-order valence-corrected chi connectivity index (χ0v) is 12.2. The minimum Gasteiger partial charge on any atom is -0.316 e. The number of nitrogens with one attached hydrogen (secondary N) is 1. The molecule has 2 nitrogen and oxygen atoms in total. The molecule has 16 heavy (non-hydrogen) atoms. The van der Waals surface area contributed by atoms with E-state index in [1.54, 1.807) is 0 Å². The molecular formula is C14H32N2. The largest absolute Gasteiger partial charge is 0.316 e. The number of nitrogens with zero attached hydrogens (tertiary/aromatic N) is 1. The summed E-state index contributed by atoms with van der Waals surface area (Å²) in [6, 6.07) is 0.757. The first kappa shape index (κ1) is 15.9. The van der Waals surface area contributed by atoms with Gasteiger partial charge >= 0.3 is 0 Å². The second-order valence-corrected chi connectivity index (χ2v) is 5.57. The summed E-state index contributed by atoms with van der Waals surface area (Å²) in [5.74, 6) is 1.49. The second kappa shape index (κ2) is 9.00. The van der Waals surface area contributed by atoms with Crippen molar-refractivity contribution in [2.75, 3.05) is 26.7 Å². The van der Waals surface area contributed by atoms with Crippen LogP contribution < -0.4 is 5.32 Å². The average Bonchev–Trinajstić information content (AvgIpc) is 2.18. The lowest BCUT2D eigenvalue weighted by Crippen LogP contribution is -2.37. The van der Waals surface area contributed by atoms with Gasteiger partial charge in [-0.1, -0.05) is 34.6 Å². The van der Waals surface area contributed by atoms with Gasteiger partial charge in [-0.05, 0) is 44.8 Å². The van der Waals surface area contributed by atoms with Crippen molar-refractivity contribution in [1.82, 2.24) is 10.2 Å². The van der Waals surface area contributed by atoms with Crippen LogP contribution in [0.25, 0.3) is 0 Å². The fourth-order valence-electron chi connectivity index (χ4n) is 2.24. The van der Waals surface area contributed by atoms with Gasteiger partial charge < -0.3 is 10.2 Å². The summed E-state index contributed by atoms with van der Waals surface area (Å²) in [5, 5.41) is 3.54. The van der Waals surface area contributed by atoms with Crippen molar-refractivity contribution in [3.05, 3.63) is 0 Å². The first-order valence-corrected chi connectivity index (χ1v) is 6.92. The summed E-state index contributed by atoms with van der Waals surface area (Å²) < 4.78 is 0. The van der Waals surface area contributed by atoms with Crippen molar-refractivity contribution in [3.63, 3.8) is 0 Å². The van der Waals surface area contributed by atoms with Crippen LogP contribution >= 0.6 is 0 Å². The van der Waals surface area contributed by atoms with Gasteiger partial charge in [-0.15, -0.1) is 0 Å². The fraction of sp³-hybridized carbons (Fsp3) is 1.00. The highest BCUT2D eigenvalue weighted by Crippen LogP contribution is 2.08. The SMILES string of the molecule is CCC(CC)N(C)CC(C)CNCC(C)C. The molecule has 2 heteroatoms. The molecular weight excluding hydrogens is 196 g/mol. The summed E-state index contributed by atoms with van der Waals surface area (Å²) in [6.45, 7) is 14.9. The van der Waals surface area contributed by atoms with E-state index in [1.165, 1.54) is 19.4 Å². The molecule has 0 saturated heterocycles. The van der Waals surface area contributed by atoms with Crippen molar-refractivity contribution < 1.29 is 0 Å². The maximum Gasteiger partial charge on any atom is 0.00870 e. The molecule has 0 aromatic carbocycles. The molecule has 1 atom stereocenters. The highest BCUT2D eigenvalue weighted by Gasteiger charge is 2.13. The van der Waals surface area contributed by atoms with Crippen LogP contribution in [-0.4, -0.2) is 37.6 Å². The monoisotopic (exact) mass is 228 g/mol. The van der Waals surface area contributed by atoms with E-state index >= 15 is 0 Å². The van der Waals surface area contributed by atoms with Crippen LogP contribution in [0.15, 0.2) is 0 Å². The molecule has 0 fully saturated rings. The molecule has 0 aromatic rings. The maximum atomic E-state index is 3.54. The summed E-state index contributed by atoms with van der Waals surface area (Å²) in [4.78, 5) is 2.52. The van der Waals surface area contributed by atoms with Crippen LogP contribution in [0.5, 0.6) is 0 Å². The van der Waals surface area contributed by atoms with Crippen LogP contribution in [0.1, 0.15) is 47.5 Å². The molecule has 0 rings (SSSR count). The van der Waals surface area contributed by atoms with E-state index < -0.39 is 0 Å². The van der Waals surface area contributed by atoms with E-state index in [0.29, 0.717) is 0 Å². The third-order valence-corrected chi connectivity index (χ3v) is 3.21. The molecule has 1 N–H and O–H groups in total. The van der Waals surface area contributed by atoms with Crippen LogP contribution in [0.4, 0.5) is 0 Å². The number of hydrogen-bond acceptors (Lipinski definition) is 2. The van der Waals surface area contributed by atoms with Crippen molar-refractivity contribution in [3.8, 4) is 0 Å². The van der Waals surface area contributed by atoms with Gasteiger partial charge in [0.1, 0.15) is 0 Å². The van der Waals surface area contributed by atoms with Gasteiger partial charge in [0.2, 0.25) is 0 Å². The van der Waals surface area contributed by atoms with Crippen LogP contribution in [0, 0.1) is 11.8 Å². The molecule has 98 valence electrons. The Bertz CT molecular complexity index is 153. The first-order chi connectivity index (χ1) is 7.51. The van der Waals surface area contributed by atoms with Gasteiger partial charge in [0, 0.05) is 12.6 Å². The molecule has 0 aliphatic heterocycles. The van der Waals surface area contributed by atoms with Crippen molar-refractivity contribution in [2.45, 2.75) is 53.5 Å². The Morgan fingerprint density at radius 2 is 1.56 bits per heavy atom. The normalized spacial score (nSPS) is 14.1. The number of rotatable bonds is 9. The quantitative estimate of drug-likeness (QED) is 0.652. The second-order valence-electron chi connectivity index (χ2n) is 5.57. The maximum absolute atomic E-state index is 3.54. The van der Waals surface area contributed by atoms with Gasteiger partial charge in [0.05, 0.1) is 0 Å². The molecule has 0 bridgehead atoms. The fourth-order valence-corrected chi connectivity index (χ4v) is 2.24. The highest BCUT2D eigenvalue weighted by molar-refractivity contribution is 4.69. The zero-order chi connectivity index (χ0) is 12.6. The Kier molecular flexibility index (Phi) is 8.96. The predicted molar refractivity (Wildman–Crippen MR) is 73.9 cm³/mol. The molecule has 0 spiro atoms. The standard InChI is InChI=1S/C14H32N2/c1-7-14(8-2)16(6)11-13(5)10-15-9-12(3)4/h12-15H,7-11H2,1-6H3. The lowest BCUT2D eigenvalue weighted by molar-refractivity contribution is 0.199. The van der Waals surface area contributed by atoms with E-state index in [9.17, 15) is 0 Å². The predicted octanol–water partition coefficient (Wildman–Crippen LogP) is 2.99. The number of hydrogen-bond donors (Lipinski definition) is 1. The first-order valence-electron chi connectivity index (χ1n) is 6.92. The third kappa shape index (κ3) is 7.24. The Hall–Kier alpha value is -0.0800. The smallest absolute Gasteiger partial charge is 0.00870 e. The molecule has 1 unspecified atom stereocenters. The molecule has 0 aliphatic rings. The van der Waals surface area contributed by atoms with Crippen LogP contribution in [0.3, 0.4) is 0 Å². The summed E-state index contributed by atoms with van der Waals surface area (Å²) in [7, 11) is 2.26. The zero-order valence-electron chi connectivity index (χ0n) is 12.2. The van der Waals surface area contributed by atoms with Gasteiger partial charge in [0.25, 0.3) is 0 Å². The lowest BCUT2D eigenvalue weighted by atomic mass is 10.1. The Morgan fingerprint density at radius 3 is 2.00 bits per heavy atom. The minimum atomic E-state index is 0.740. The molecule has 0 aliphatic carbocycles. The average molecular weight is 228 g/mol. The molecule has 0 amide bonds. The summed E-state index contributed by atoms with van der Waals surface area (Å²) >= 11 is 0. The Morgan fingerprint density at radius 1 is 1.00 bits per heavy atom. The third-order valence-electron chi connectivity index (χ3n) is 3.21. The summed E-state index contributed by atoms with van der Waals surface area (Å²) in [5.41, 5.74) is 0. The highest BCUT2D eigenvalue weighted by atomic mass is 15.1. The van der Waals surface area contributed by atoms with Gasteiger partial charge in [-0.25, -0.2) is 0 Å². The van der Waals surface area contributed by atoms with E-state index in [4.69, 9.17) is 0 Å². The molecule has 0 radical (unpaired) electrons. The molecule has 0 aromatic heterocycles. The topological polar surface area (TPSA) is 15.3 Å². The van der Waals surface area contributed by atoms with Crippen molar-refractivity contribution in [2.24, 2.45) is 11.8 Å². The van der Waals surface area contributed by atoms with Gasteiger partial charge in [0.15, 0.2) is 0 Å². The van der Waals surface area contributed by atoms with Crippen LogP contribution in [-0.2, 0) is 0 Å². The molecule has 0 heterocycles. The minimum absolute atomic E-state index is 0.740. The van der Waals surface area contributed by atoms with E-state index in [1.807, 2.05) is 0 Å². The van der Waals surface area contributed by atoms with Gasteiger partial charge in [-0.2, -0.15) is 0 Å². The molecule has 0 saturated carbocycles. The van der Waals surface area contributed by atoms with Gasteiger partial charge in [-0.3, -0.25) is 0 Å². The van der Waals surface area contributed by atoms with Crippen molar-refractivity contribution in [1.29, 1.82) is 0 Å². The van der Waals surface area contributed by atoms with E-state index in [2.05, 4.69) is 51.9 Å². The lowest BCUT2D eigenvalue weighted by Gasteiger charge is -2.29. The van der Waals surface area contributed by atoms with E-state index in [0.717, 1.165) is 31.0 Å². The summed E-state index contributed by atoms with van der Waals surface area (Å²) in [6.07, 6.45) is 2.53.